The van der Waals surface area contributed by atoms with Gasteiger partial charge in [-0.05, 0) is 30.6 Å². The SMILES string of the molecule is CCC1NC(=O)C(C(C)C)N(CC2(C)CCCC2)C1=O. The molecule has 2 unspecified atom stereocenters. The van der Waals surface area contributed by atoms with Crippen molar-refractivity contribution in [1.29, 1.82) is 0 Å². The molecule has 0 radical (unpaired) electrons. The second kappa shape index (κ2) is 5.74. The highest BCUT2D eigenvalue weighted by atomic mass is 16.2. The molecule has 0 aromatic heterocycles. The minimum absolute atomic E-state index is 0.0213. The number of nitrogens with zero attached hydrogens (tertiary/aromatic N) is 1. The fraction of sp³-hybridized carbons (Fsp3) is 0.875. The van der Waals surface area contributed by atoms with Crippen molar-refractivity contribution in [2.75, 3.05) is 6.54 Å². The average Bonchev–Trinajstić information content (AvgIpc) is 2.79. The van der Waals surface area contributed by atoms with Crippen LogP contribution in [0.5, 0.6) is 0 Å². The predicted molar refractivity (Wildman–Crippen MR) is 79.1 cm³/mol. The lowest BCUT2D eigenvalue weighted by atomic mass is 9.85. The molecule has 1 saturated carbocycles. The first-order chi connectivity index (χ1) is 9.38. The van der Waals surface area contributed by atoms with E-state index in [0.29, 0.717) is 6.42 Å². The third-order valence-corrected chi connectivity index (χ3v) is 4.90. The molecule has 2 fully saturated rings. The van der Waals surface area contributed by atoms with Gasteiger partial charge in [0.2, 0.25) is 11.8 Å². The van der Waals surface area contributed by atoms with E-state index >= 15 is 0 Å². The van der Waals surface area contributed by atoms with Crippen molar-refractivity contribution in [2.24, 2.45) is 11.3 Å². The molecule has 4 heteroatoms. The number of piperazine rings is 1. The van der Waals surface area contributed by atoms with Gasteiger partial charge in [-0.25, -0.2) is 0 Å². The molecule has 1 N–H and O–H groups in total. The van der Waals surface area contributed by atoms with Crippen molar-refractivity contribution in [3.63, 3.8) is 0 Å². The number of amides is 2. The van der Waals surface area contributed by atoms with Crippen LogP contribution >= 0.6 is 0 Å². The van der Waals surface area contributed by atoms with Gasteiger partial charge in [-0.2, -0.15) is 0 Å². The number of carbonyl (C=O) groups is 2. The maximum atomic E-state index is 12.7. The van der Waals surface area contributed by atoms with Crippen LogP contribution in [0.4, 0.5) is 0 Å². The molecule has 0 aromatic carbocycles. The predicted octanol–water partition coefficient (Wildman–Crippen LogP) is 2.33. The lowest BCUT2D eigenvalue weighted by molar-refractivity contribution is -0.153. The number of nitrogens with one attached hydrogen (secondary N) is 1. The Morgan fingerprint density at radius 1 is 1.30 bits per heavy atom. The largest absolute Gasteiger partial charge is 0.343 e. The molecular weight excluding hydrogens is 252 g/mol. The Kier molecular flexibility index (Phi) is 4.40. The summed E-state index contributed by atoms with van der Waals surface area (Å²) in [5.74, 6) is 0.286. The van der Waals surface area contributed by atoms with E-state index in [1.165, 1.54) is 25.7 Å². The highest BCUT2D eigenvalue weighted by molar-refractivity contribution is 5.97. The first kappa shape index (κ1) is 15.3. The zero-order valence-electron chi connectivity index (χ0n) is 13.2. The van der Waals surface area contributed by atoms with Crippen LogP contribution in [0.3, 0.4) is 0 Å². The Morgan fingerprint density at radius 3 is 2.40 bits per heavy atom. The van der Waals surface area contributed by atoms with Crippen molar-refractivity contribution >= 4 is 11.8 Å². The van der Waals surface area contributed by atoms with Crippen LogP contribution in [0.25, 0.3) is 0 Å². The van der Waals surface area contributed by atoms with Gasteiger partial charge < -0.3 is 10.2 Å². The summed E-state index contributed by atoms with van der Waals surface area (Å²) in [6.45, 7) is 8.99. The van der Waals surface area contributed by atoms with E-state index in [9.17, 15) is 9.59 Å². The van der Waals surface area contributed by atoms with Crippen LogP contribution in [0.15, 0.2) is 0 Å². The standard InChI is InChI=1S/C16H28N2O2/c1-5-12-15(20)18(10-16(4)8-6-7-9-16)13(11(2)3)14(19)17-12/h11-13H,5-10H2,1-4H3,(H,17,19). The lowest BCUT2D eigenvalue weighted by Crippen LogP contribution is -2.65. The summed E-state index contributed by atoms with van der Waals surface area (Å²) in [6, 6.07) is -0.634. The zero-order valence-corrected chi connectivity index (χ0v) is 13.2. The van der Waals surface area contributed by atoms with Gasteiger partial charge >= 0.3 is 0 Å². The van der Waals surface area contributed by atoms with Gasteiger partial charge in [0.1, 0.15) is 12.1 Å². The minimum atomic E-state index is -0.331. The Hall–Kier alpha value is -1.06. The molecule has 1 aliphatic carbocycles. The number of hydrogen-bond donors (Lipinski definition) is 1. The third kappa shape index (κ3) is 2.84. The summed E-state index contributed by atoms with van der Waals surface area (Å²) in [5, 5.41) is 2.88. The molecule has 1 heterocycles. The monoisotopic (exact) mass is 280 g/mol. The van der Waals surface area contributed by atoms with Gasteiger partial charge in [-0.15, -0.1) is 0 Å². The fourth-order valence-electron chi connectivity index (χ4n) is 3.71. The highest BCUT2D eigenvalue weighted by Crippen LogP contribution is 2.39. The van der Waals surface area contributed by atoms with Crippen LogP contribution in [-0.4, -0.2) is 35.3 Å². The van der Waals surface area contributed by atoms with E-state index in [1.807, 2.05) is 25.7 Å². The number of hydrogen-bond acceptors (Lipinski definition) is 2. The number of rotatable bonds is 4. The molecule has 1 aliphatic heterocycles. The number of carbonyl (C=O) groups excluding carboxylic acids is 2. The summed E-state index contributed by atoms with van der Waals surface area (Å²) in [5.41, 5.74) is 0.193. The van der Waals surface area contributed by atoms with E-state index in [4.69, 9.17) is 0 Å². The molecule has 20 heavy (non-hydrogen) atoms. The first-order valence-corrected chi connectivity index (χ1v) is 7.99. The zero-order chi connectivity index (χ0) is 14.9. The van der Waals surface area contributed by atoms with E-state index in [0.717, 1.165) is 6.54 Å². The first-order valence-electron chi connectivity index (χ1n) is 7.99. The van der Waals surface area contributed by atoms with E-state index < -0.39 is 0 Å². The summed E-state index contributed by atoms with van der Waals surface area (Å²) >= 11 is 0. The van der Waals surface area contributed by atoms with Crippen molar-refractivity contribution in [1.82, 2.24) is 10.2 Å². The van der Waals surface area contributed by atoms with E-state index in [1.54, 1.807) is 0 Å². The summed E-state index contributed by atoms with van der Waals surface area (Å²) in [7, 11) is 0. The smallest absolute Gasteiger partial charge is 0.245 e. The summed E-state index contributed by atoms with van der Waals surface area (Å²) in [6.07, 6.45) is 5.49. The van der Waals surface area contributed by atoms with Crippen molar-refractivity contribution in [3.8, 4) is 0 Å². The van der Waals surface area contributed by atoms with E-state index in [-0.39, 0.29) is 35.2 Å². The molecule has 1 saturated heterocycles. The molecular formula is C16H28N2O2. The van der Waals surface area contributed by atoms with Gasteiger partial charge in [-0.1, -0.05) is 40.5 Å². The Balaban J connectivity index is 2.22. The molecule has 2 rings (SSSR count). The van der Waals surface area contributed by atoms with Crippen molar-refractivity contribution in [3.05, 3.63) is 0 Å². The summed E-state index contributed by atoms with van der Waals surface area (Å²) in [4.78, 5) is 26.9. The van der Waals surface area contributed by atoms with Crippen molar-refractivity contribution in [2.45, 2.75) is 71.9 Å². The highest BCUT2D eigenvalue weighted by Gasteiger charge is 2.44. The third-order valence-electron chi connectivity index (χ3n) is 4.90. The minimum Gasteiger partial charge on any atom is -0.343 e. The molecule has 4 nitrogen and oxygen atoms in total. The molecule has 2 aliphatic rings. The maximum Gasteiger partial charge on any atom is 0.245 e. The van der Waals surface area contributed by atoms with Gasteiger partial charge in [0, 0.05) is 6.54 Å². The quantitative estimate of drug-likeness (QED) is 0.859. The average molecular weight is 280 g/mol. The Labute approximate surface area is 122 Å². The van der Waals surface area contributed by atoms with Crippen LogP contribution < -0.4 is 5.32 Å². The molecule has 2 amide bonds. The topological polar surface area (TPSA) is 49.4 Å². The molecule has 0 aromatic rings. The lowest BCUT2D eigenvalue weighted by Gasteiger charge is -2.44. The van der Waals surface area contributed by atoms with Crippen LogP contribution in [0.1, 0.15) is 59.8 Å². The van der Waals surface area contributed by atoms with Crippen molar-refractivity contribution < 1.29 is 9.59 Å². The van der Waals surface area contributed by atoms with Crippen LogP contribution in [0.2, 0.25) is 0 Å². The van der Waals surface area contributed by atoms with Gasteiger partial charge in [0.15, 0.2) is 0 Å². The fourth-order valence-corrected chi connectivity index (χ4v) is 3.71. The molecule has 2 atom stereocenters. The van der Waals surface area contributed by atoms with E-state index in [2.05, 4.69) is 12.2 Å². The van der Waals surface area contributed by atoms with Gasteiger partial charge in [0.25, 0.3) is 0 Å². The summed E-state index contributed by atoms with van der Waals surface area (Å²) < 4.78 is 0. The second-order valence-electron chi connectivity index (χ2n) is 7.14. The van der Waals surface area contributed by atoms with Gasteiger partial charge in [-0.3, -0.25) is 9.59 Å². The second-order valence-corrected chi connectivity index (χ2v) is 7.14. The molecule has 0 spiro atoms. The van der Waals surface area contributed by atoms with Crippen LogP contribution in [0, 0.1) is 11.3 Å². The normalized spacial score (nSPS) is 29.9. The Bertz CT molecular complexity index is 386. The van der Waals surface area contributed by atoms with Gasteiger partial charge in [0.05, 0.1) is 0 Å². The molecule has 0 bridgehead atoms. The maximum absolute atomic E-state index is 12.7. The molecule has 114 valence electrons. The Morgan fingerprint density at radius 2 is 1.90 bits per heavy atom. The van der Waals surface area contributed by atoms with Crippen LogP contribution in [-0.2, 0) is 9.59 Å².